The van der Waals surface area contributed by atoms with Crippen LogP contribution < -0.4 is 5.32 Å². The number of anilines is 1. The van der Waals surface area contributed by atoms with Gasteiger partial charge >= 0.3 is 0 Å². The Kier molecular flexibility index (Phi) is 3.06. The molecule has 6 nitrogen and oxygen atoms in total. The normalized spacial score (nSPS) is 15.8. The maximum atomic E-state index is 12.0. The van der Waals surface area contributed by atoms with Gasteiger partial charge in [-0.3, -0.25) is 9.48 Å². The zero-order chi connectivity index (χ0) is 13.2. The van der Waals surface area contributed by atoms with Gasteiger partial charge in [-0.15, -0.1) is 0 Å². The van der Waals surface area contributed by atoms with Crippen LogP contribution in [0.3, 0.4) is 0 Å². The summed E-state index contributed by atoms with van der Waals surface area (Å²) in [6, 6.07) is 3.85. The topological polar surface area (TPSA) is 73.0 Å². The minimum atomic E-state index is -0.259. The monoisotopic (exact) mass is 260 g/mol. The molecule has 0 saturated heterocycles. The molecule has 0 unspecified atom stereocenters. The number of carbonyl (C=O) groups excluding carboxylic acids is 1. The molecule has 2 heterocycles. The number of hydrogen-bond donors (Lipinski definition) is 1. The minimum absolute atomic E-state index is 0.259. The summed E-state index contributed by atoms with van der Waals surface area (Å²) in [6.07, 6.45) is 6.64. The first-order valence-electron chi connectivity index (χ1n) is 6.52. The summed E-state index contributed by atoms with van der Waals surface area (Å²) in [6.45, 7) is 1.78. The van der Waals surface area contributed by atoms with Crippen LogP contribution in [0.15, 0.2) is 22.9 Å². The van der Waals surface area contributed by atoms with E-state index in [0.717, 1.165) is 12.8 Å². The van der Waals surface area contributed by atoms with E-state index in [1.54, 1.807) is 19.1 Å². The van der Waals surface area contributed by atoms with Gasteiger partial charge < -0.3 is 9.84 Å². The number of aromatic nitrogens is 3. The summed E-state index contributed by atoms with van der Waals surface area (Å²) in [5, 5.41) is 10.7. The van der Waals surface area contributed by atoms with E-state index in [4.69, 9.17) is 4.52 Å². The van der Waals surface area contributed by atoms with Crippen molar-refractivity contribution < 1.29 is 9.32 Å². The van der Waals surface area contributed by atoms with Gasteiger partial charge in [0.05, 0.1) is 6.04 Å². The van der Waals surface area contributed by atoms with E-state index >= 15 is 0 Å². The molecule has 2 aromatic rings. The molecule has 19 heavy (non-hydrogen) atoms. The molecule has 1 N–H and O–H groups in total. The molecule has 0 atom stereocenters. The quantitative estimate of drug-likeness (QED) is 0.920. The highest BCUT2D eigenvalue weighted by molar-refractivity contribution is 6.02. The molecule has 1 saturated carbocycles. The molecule has 100 valence electrons. The van der Waals surface area contributed by atoms with Crippen molar-refractivity contribution in [2.45, 2.75) is 38.6 Å². The van der Waals surface area contributed by atoms with Crippen LogP contribution >= 0.6 is 0 Å². The Morgan fingerprint density at radius 2 is 2.26 bits per heavy atom. The molecule has 0 aromatic carbocycles. The molecule has 6 heteroatoms. The molecule has 1 aliphatic carbocycles. The minimum Gasteiger partial charge on any atom is -0.360 e. The lowest BCUT2D eigenvalue weighted by Crippen LogP contribution is -2.14. The zero-order valence-corrected chi connectivity index (χ0v) is 10.8. The van der Waals surface area contributed by atoms with E-state index in [-0.39, 0.29) is 5.91 Å². The predicted molar refractivity (Wildman–Crippen MR) is 68.9 cm³/mol. The van der Waals surface area contributed by atoms with E-state index in [1.807, 2.05) is 10.9 Å². The molecule has 0 spiro atoms. The van der Waals surface area contributed by atoms with Crippen LogP contribution in [0.2, 0.25) is 0 Å². The van der Waals surface area contributed by atoms with Gasteiger partial charge in [0.2, 0.25) is 0 Å². The van der Waals surface area contributed by atoms with E-state index in [1.165, 1.54) is 12.8 Å². The van der Waals surface area contributed by atoms with Crippen molar-refractivity contribution >= 4 is 11.7 Å². The second-order valence-electron chi connectivity index (χ2n) is 4.90. The lowest BCUT2D eigenvalue weighted by atomic mass is 10.3. The molecule has 0 radical (unpaired) electrons. The third-order valence-corrected chi connectivity index (χ3v) is 3.41. The highest BCUT2D eigenvalue weighted by atomic mass is 16.5. The van der Waals surface area contributed by atoms with Crippen molar-refractivity contribution in [1.82, 2.24) is 14.9 Å². The fourth-order valence-electron chi connectivity index (χ4n) is 2.44. The summed E-state index contributed by atoms with van der Waals surface area (Å²) in [7, 11) is 0. The SMILES string of the molecule is Cc1cc(NC(=O)c2ccn(C3CCCC3)n2)no1. The Labute approximate surface area is 110 Å². The fraction of sp³-hybridized carbons (Fsp3) is 0.462. The van der Waals surface area contributed by atoms with Gasteiger partial charge in [-0.25, -0.2) is 0 Å². The van der Waals surface area contributed by atoms with Gasteiger partial charge in [-0.1, -0.05) is 18.0 Å². The van der Waals surface area contributed by atoms with Crippen LogP contribution in [0.25, 0.3) is 0 Å². The molecular weight excluding hydrogens is 244 g/mol. The number of carbonyl (C=O) groups is 1. The Morgan fingerprint density at radius 1 is 1.47 bits per heavy atom. The molecule has 1 amide bonds. The average molecular weight is 260 g/mol. The van der Waals surface area contributed by atoms with E-state index in [0.29, 0.717) is 23.3 Å². The van der Waals surface area contributed by atoms with Gasteiger partial charge in [-0.05, 0) is 25.8 Å². The first-order valence-corrected chi connectivity index (χ1v) is 6.52. The number of nitrogens with zero attached hydrogens (tertiary/aromatic N) is 3. The standard InChI is InChI=1S/C13H16N4O2/c1-9-8-12(16-19-9)14-13(18)11-6-7-17(15-11)10-4-2-3-5-10/h6-8,10H,2-5H2,1H3,(H,14,16,18). The van der Waals surface area contributed by atoms with Crippen molar-refractivity contribution in [3.63, 3.8) is 0 Å². The molecule has 1 fully saturated rings. The van der Waals surface area contributed by atoms with Gasteiger partial charge in [-0.2, -0.15) is 5.10 Å². The molecule has 1 aliphatic rings. The Hall–Kier alpha value is -2.11. The van der Waals surface area contributed by atoms with Gasteiger partial charge in [0.1, 0.15) is 5.76 Å². The van der Waals surface area contributed by atoms with Crippen LogP contribution in [0.1, 0.15) is 48.0 Å². The van der Waals surface area contributed by atoms with Crippen molar-refractivity contribution in [2.24, 2.45) is 0 Å². The Balaban J connectivity index is 1.69. The van der Waals surface area contributed by atoms with Crippen LogP contribution in [0.5, 0.6) is 0 Å². The molecule has 0 bridgehead atoms. The van der Waals surface area contributed by atoms with Crippen LogP contribution in [0, 0.1) is 6.92 Å². The first kappa shape index (κ1) is 12.0. The molecule has 3 rings (SSSR count). The Bertz CT molecular complexity index is 581. The van der Waals surface area contributed by atoms with Crippen molar-refractivity contribution in [1.29, 1.82) is 0 Å². The number of amides is 1. The average Bonchev–Trinajstić information content (AvgIpc) is 3.08. The summed E-state index contributed by atoms with van der Waals surface area (Å²) >= 11 is 0. The number of rotatable bonds is 3. The predicted octanol–water partition coefficient (Wildman–Crippen LogP) is 2.55. The first-order chi connectivity index (χ1) is 9.22. The van der Waals surface area contributed by atoms with E-state index < -0.39 is 0 Å². The van der Waals surface area contributed by atoms with E-state index in [2.05, 4.69) is 15.6 Å². The maximum Gasteiger partial charge on any atom is 0.277 e. The van der Waals surface area contributed by atoms with Crippen LogP contribution in [0.4, 0.5) is 5.82 Å². The number of nitrogens with one attached hydrogen (secondary N) is 1. The summed E-state index contributed by atoms with van der Waals surface area (Å²) in [5.74, 6) is 0.815. The third kappa shape index (κ3) is 2.52. The molecular formula is C13H16N4O2. The smallest absolute Gasteiger partial charge is 0.277 e. The lowest BCUT2D eigenvalue weighted by molar-refractivity contribution is 0.102. The lowest BCUT2D eigenvalue weighted by Gasteiger charge is -2.08. The van der Waals surface area contributed by atoms with Gasteiger partial charge in [0, 0.05) is 12.3 Å². The van der Waals surface area contributed by atoms with E-state index in [9.17, 15) is 4.79 Å². The highest BCUT2D eigenvalue weighted by Gasteiger charge is 2.19. The third-order valence-electron chi connectivity index (χ3n) is 3.41. The zero-order valence-electron chi connectivity index (χ0n) is 10.8. The summed E-state index contributed by atoms with van der Waals surface area (Å²) in [5.41, 5.74) is 0.410. The van der Waals surface area contributed by atoms with Crippen molar-refractivity contribution in [2.75, 3.05) is 5.32 Å². The second kappa shape index (κ2) is 4.87. The summed E-state index contributed by atoms with van der Waals surface area (Å²) < 4.78 is 6.80. The summed E-state index contributed by atoms with van der Waals surface area (Å²) in [4.78, 5) is 12.0. The van der Waals surface area contributed by atoms with Crippen molar-refractivity contribution in [3.05, 3.63) is 29.8 Å². The molecule has 0 aliphatic heterocycles. The number of hydrogen-bond acceptors (Lipinski definition) is 4. The highest BCUT2D eigenvalue weighted by Crippen LogP contribution is 2.28. The maximum absolute atomic E-state index is 12.0. The van der Waals surface area contributed by atoms with Gasteiger partial charge in [0.15, 0.2) is 11.5 Å². The molecule has 2 aromatic heterocycles. The fourth-order valence-corrected chi connectivity index (χ4v) is 2.44. The largest absolute Gasteiger partial charge is 0.360 e. The van der Waals surface area contributed by atoms with Gasteiger partial charge in [0.25, 0.3) is 5.91 Å². The van der Waals surface area contributed by atoms with Crippen LogP contribution in [-0.4, -0.2) is 20.8 Å². The second-order valence-corrected chi connectivity index (χ2v) is 4.90. The number of aryl methyl sites for hydroxylation is 1. The Morgan fingerprint density at radius 3 is 2.95 bits per heavy atom. The van der Waals surface area contributed by atoms with Crippen LogP contribution in [-0.2, 0) is 0 Å². The van der Waals surface area contributed by atoms with Crippen molar-refractivity contribution in [3.8, 4) is 0 Å².